The second-order valence-electron chi connectivity index (χ2n) is 6.96. The van der Waals surface area contributed by atoms with Crippen molar-refractivity contribution in [3.63, 3.8) is 0 Å². The standard InChI is InChI=1S/C21H23N3O3/c1-13-4-8-18-17(10-13)20(23-22-18)21(25)24(15-5-6-15)12-14-11-16(26-2)7-9-19(14)27-3/h4,7-11,15H,5-6,12H2,1-3H3,(H,22,23). The van der Waals surface area contributed by atoms with Crippen molar-refractivity contribution in [2.75, 3.05) is 14.2 Å². The zero-order chi connectivity index (χ0) is 19.0. The van der Waals surface area contributed by atoms with Crippen LogP contribution in [0.1, 0.15) is 34.5 Å². The molecule has 0 spiro atoms. The number of aromatic nitrogens is 2. The van der Waals surface area contributed by atoms with E-state index >= 15 is 0 Å². The Morgan fingerprint density at radius 2 is 2.00 bits per heavy atom. The van der Waals surface area contributed by atoms with Crippen LogP contribution in [0, 0.1) is 6.92 Å². The molecule has 4 rings (SSSR count). The van der Waals surface area contributed by atoms with Crippen molar-refractivity contribution in [3.8, 4) is 11.5 Å². The van der Waals surface area contributed by atoms with Crippen molar-refractivity contribution >= 4 is 16.8 Å². The highest BCUT2D eigenvalue weighted by Crippen LogP contribution is 2.33. The topological polar surface area (TPSA) is 67.5 Å². The predicted octanol–water partition coefficient (Wildman–Crippen LogP) is 3.69. The zero-order valence-electron chi connectivity index (χ0n) is 15.8. The van der Waals surface area contributed by atoms with Crippen LogP contribution >= 0.6 is 0 Å². The number of H-pyrrole nitrogens is 1. The number of hydrogen-bond donors (Lipinski definition) is 1. The van der Waals surface area contributed by atoms with E-state index in [4.69, 9.17) is 9.47 Å². The lowest BCUT2D eigenvalue weighted by molar-refractivity contribution is 0.0724. The predicted molar refractivity (Wildman–Crippen MR) is 103 cm³/mol. The Bertz CT molecular complexity index is 992. The number of carbonyl (C=O) groups excluding carboxylic acids is 1. The van der Waals surface area contributed by atoms with Gasteiger partial charge in [0.25, 0.3) is 5.91 Å². The normalized spacial score (nSPS) is 13.6. The van der Waals surface area contributed by atoms with E-state index in [-0.39, 0.29) is 11.9 Å². The van der Waals surface area contributed by atoms with Gasteiger partial charge < -0.3 is 14.4 Å². The summed E-state index contributed by atoms with van der Waals surface area (Å²) < 4.78 is 10.8. The minimum absolute atomic E-state index is 0.0563. The zero-order valence-corrected chi connectivity index (χ0v) is 15.8. The molecule has 27 heavy (non-hydrogen) atoms. The van der Waals surface area contributed by atoms with E-state index < -0.39 is 0 Å². The molecule has 1 aliphatic rings. The van der Waals surface area contributed by atoms with Crippen LogP contribution in [0.15, 0.2) is 36.4 Å². The Kier molecular flexibility index (Phi) is 4.48. The molecule has 1 fully saturated rings. The second kappa shape index (κ2) is 6.95. The van der Waals surface area contributed by atoms with E-state index in [1.54, 1.807) is 14.2 Å². The molecule has 6 heteroatoms. The third kappa shape index (κ3) is 3.35. The van der Waals surface area contributed by atoms with Gasteiger partial charge in [0.15, 0.2) is 5.69 Å². The molecule has 1 heterocycles. The quantitative estimate of drug-likeness (QED) is 0.723. The highest BCUT2D eigenvalue weighted by atomic mass is 16.5. The molecule has 1 N–H and O–H groups in total. The van der Waals surface area contributed by atoms with Gasteiger partial charge in [0.1, 0.15) is 11.5 Å². The lowest BCUT2D eigenvalue weighted by Gasteiger charge is -2.23. The molecule has 1 amide bonds. The molecule has 0 saturated heterocycles. The summed E-state index contributed by atoms with van der Waals surface area (Å²) in [6.07, 6.45) is 2.03. The van der Waals surface area contributed by atoms with Crippen molar-refractivity contribution in [2.45, 2.75) is 32.4 Å². The molecular formula is C21H23N3O3. The number of methoxy groups -OCH3 is 2. The molecule has 0 aliphatic heterocycles. The number of benzene rings is 2. The molecule has 1 saturated carbocycles. The molecule has 0 radical (unpaired) electrons. The van der Waals surface area contributed by atoms with Crippen LogP contribution in [-0.4, -0.2) is 41.3 Å². The van der Waals surface area contributed by atoms with E-state index in [0.717, 1.165) is 46.4 Å². The maximum absolute atomic E-state index is 13.3. The van der Waals surface area contributed by atoms with Gasteiger partial charge in [0, 0.05) is 17.0 Å². The van der Waals surface area contributed by atoms with Crippen molar-refractivity contribution < 1.29 is 14.3 Å². The number of nitrogens with one attached hydrogen (secondary N) is 1. The van der Waals surface area contributed by atoms with Crippen LogP contribution < -0.4 is 9.47 Å². The number of amides is 1. The molecule has 0 unspecified atom stereocenters. The first kappa shape index (κ1) is 17.4. The van der Waals surface area contributed by atoms with Gasteiger partial charge in [-0.25, -0.2) is 0 Å². The number of carbonyl (C=O) groups is 1. The van der Waals surface area contributed by atoms with Crippen molar-refractivity contribution in [1.82, 2.24) is 15.1 Å². The number of rotatable bonds is 6. The van der Waals surface area contributed by atoms with Gasteiger partial charge in [-0.05, 0) is 50.1 Å². The van der Waals surface area contributed by atoms with Gasteiger partial charge in [-0.1, -0.05) is 11.6 Å². The summed E-state index contributed by atoms with van der Waals surface area (Å²) in [4.78, 5) is 15.2. The van der Waals surface area contributed by atoms with Gasteiger partial charge in [0.2, 0.25) is 0 Å². The first-order valence-corrected chi connectivity index (χ1v) is 9.07. The minimum Gasteiger partial charge on any atom is -0.497 e. The van der Waals surface area contributed by atoms with Crippen LogP contribution in [0.5, 0.6) is 11.5 Å². The Morgan fingerprint density at radius 1 is 1.19 bits per heavy atom. The van der Waals surface area contributed by atoms with E-state index in [1.165, 1.54) is 0 Å². The summed E-state index contributed by atoms with van der Waals surface area (Å²) in [6, 6.07) is 11.9. The van der Waals surface area contributed by atoms with Gasteiger partial charge >= 0.3 is 0 Å². The number of fused-ring (bicyclic) bond motifs is 1. The maximum atomic E-state index is 13.3. The third-order valence-corrected chi connectivity index (χ3v) is 5.00. The van der Waals surface area contributed by atoms with E-state index in [1.807, 2.05) is 48.2 Å². The minimum atomic E-state index is -0.0563. The summed E-state index contributed by atoms with van der Waals surface area (Å²) >= 11 is 0. The first-order chi connectivity index (χ1) is 13.1. The molecule has 0 atom stereocenters. The SMILES string of the molecule is COc1ccc(OC)c(CN(C(=O)c2n[nH]c3ccc(C)cc23)C2CC2)c1. The number of aryl methyl sites for hydroxylation is 1. The summed E-state index contributed by atoms with van der Waals surface area (Å²) in [6.45, 7) is 2.48. The molecule has 3 aromatic rings. The lowest BCUT2D eigenvalue weighted by atomic mass is 10.1. The van der Waals surface area contributed by atoms with E-state index in [9.17, 15) is 4.79 Å². The Morgan fingerprint density at radius 3 is 2.70 bits per heavy atom. The van der Waals surface area contributed by atoms with Crippen LogP contribution in [0.4, 0.5) is 0 Å². The summed E-state index contributed by atoms with van der Waals surface area (Å²) in [5.41, 5.74) is 3.37. The third-order valence-electron chi connectivity index (χ3n) is 5.00. The smallest absolute Gasteiger partial charge is 0.275 e. The van der Waals surface area contributed by atoms with Crippen molar-refractivity contribution in [3.05, 3.63) is 53.2 Å². The fourth-order valence-corrected chi connectivity index (χ4v) is 3.37. The largest absolute Gasteiger partial charge is 0.497 e. The first-order valence-electron chi connectivity index (χ1n) is 9.07. The monoisotopic (exact) mass is 365 g/mol. The summed E-state index contributed by atoms with van der Waals surface area (Å²) in [7, 11) is 3.27. The highest BCUT2D eigenvalue weighted by Gasteiger charge is 2.35. The van der Waals surface area contributed by atoms with Gasteiger partial charge in [0.05, 0.1) is 26.3 Å². The molecule has 1 aromatic heterocycles. The fourth-order valence-electron chi connectivity index (χ4n) is 3.37. The van der Waals surface area contributed by atoms with Crippen LogP contribution in [0.2, 0.25) is 0 Å². The molecular weight excluding hydrogens is 342 g/mol. The average Bonchev–Trinajstić information content (AvgIpc) is 3.44. The Hall–Kier alpha value is -3.02. The Labute approximate surface area is 158 Å². The summed E-state index contributed by atoms with van der Waals surface area (Å²) in [5.74, 6) is 1.44. The molecule has 140 valence electrons. The molecule has 0 bridgehead atoms. The number of hydrogen-bond acceptors (Lipinski definition) is 4. The van der Waals surface area contributed by atoms with Crippen molar-refractivity contribution in [2.24, 2.45) is 0 Å². The molecule has 6 nitrogen and oxygen atoms in total. The maximum Gasteiger partial charge on any atom is 0.275 e. The lowest BCUT2D eigenvalue weighted by Crippen LogP contribution is -2.33. The van der Waals surface area contributed by atoms with Gasteiger partial charge in [-0.3, -0.25) is 9.89 Å². The molecule has 2 aromatic carbocycles. The molecule has 1 aliphatic carbocycles. The fraction of sp³-hybridized carbons (Fsp3) is 0.333. The van der Waals surface area contributed by atoms with Crippen LogP contribution in [-0.2, 0) is 6.54 Å². The van der Waals surface area contributed by atoms with E-state index in [2.05, 4.69) is 10.2 Å². The van der Waals surface area contributed by atoms with Crippen LogP contribution in [0.3, 0.4) is 0 Å². The second-order valence-corrected chi connectivity index (χ2v) is 6.96. The summed E-state index contributed by atoms with van der Waals surface area (Å²) in [5, 5.41) is 8.15. The average molecular weight is 365 g/mol. The number of nitrogens with zero attached hydrogens (tertiary/aromatic N) is 2. The number of aromatic amines is 1. The highest BCUT2D eigenvalue weighted by molar-refractivity contribution is 6.05. The van der Waals surface area contributed by atoms with Crippen LogP contribution in [0.25, 0.3) is 10.9 Å². The Balaban J connectivity index is 1.69. The van der Waals surface area contributed by atoms with E-state index in [0.29, 0.717) is 12.2 Å². The van der Waals surface area contributed by atoms with Crippen molar-refractivity contribution in [1.29, 1.82) is 0 Å². The number of ether oxygens (including phenoxy) is 2. The van der Waals surface area contributed by atoms with Gasteiger partial charge in [-0.15, -0.1) is 0 Å². The van der Waals surface area contributed by atoms with Gasteiger partial charge in [-0.2, -0.15) is 5.10 Å².